The number of aliphatic hydroxyl groups excluding tert-OH is 1. The normalized spacial score (nSPS) is 10.2. The SMILES string of the molecule is COc1ccc(COc2cccc(CO)c2)cc1C(=O)O. The number of hydrogen-bond acceptors (Lipinski definition) is 4. The third kappa shape index (κ3) is 3.73. The fourth-order valence-corrected chi connectivity index (χ4v) is 1.91. The number of carbonyl (C=O) groups is 1. The second-order valence-corrected chi connectivity index (χ2v) is 4.43. The molecule has 0 spiro atoms. The van der Waals surface area contributed by atoms with E-state index in [1.54, 1.807) is 36.4 Å². The number of benzene rings is 2. The van der Waals surface area contributed by atoms with Crippen LogP contribution >= 0.6 is 0 Å². The van der Waals surface area contributed by atoms with Crippen LogP contribution in [-0.4, -0.2) is 23.3 Å². The second-order valence-electron chi connectivity index (χ2n) is 4.43. The van der Waals surface area contributed by atoms with E-state index in [4.69, 9.17) is 19.7 Å². The molecule has 2 N–H and O–H groups in total. The summed E-state index contributed by atoms with van der Waals surface area (Å²) in [6.07, 6.45) is 0. The van der Waals surface area contributed by atoms with E-state index in [1.807, 2.05) is 0 Å². The molecular weight excluding hydrogens is 272 g/mol. The number of aliphatic hydroxyl groups is 1. The van der Waals surface area contributed by atoms with E-state index in [-0.39, 0.29) is 18.8 Å². The van der Waals surface area contributed by atoms with Crippen LogP contribution in [0.2, 0.25) is 0 Å². The Morgan fingerprint density at radius 2 is 1.95 bits per heavy atom. The number of carboxylic acid groups (broad SMARTS) is 1. The van der Waals surface area contributed by atoms with Gasteiger partial charge in [-0.25, -0.2) is 4.79 Å². The van der Waals surface area contributed by atoms with Gasteiger partial charge < -0.3 is 19.7 Å². The average molecular weight is 288 g/mol. The Bertz CT molecular complexity index is 636. The lowest BCUT2D eigenvalue weighted by Crippen LogP contribution is -2.03. The van der Waals surface area contributed by atoms with Crippen molar-refractivity contribution < 1.29 is 24.5 Å². The maximum absolute atomic E-state index is 11.1. The summed E-state index contributed by atoms with van der Waals surface area (Å²) >= 11 is 0. The molecular formula is C16H16O5. The zero-order valence-electron chi connectivity index (χ0n) is 11.6. The van der Waals surface area contributed by atoms with Crippen LogP contribution in [0.3, 0.4) is 0 Å². The number of rotatable bonds is 6. The smallest absolute Gasteiger partial charge is 0.339 e. The molecule has 110 valence electrons. The van der Waals surface area contributed by atoms with Gasteiger partial charge in [0.15, 0.2) is 0 Å². The number of aromatic carboxylic acids is 1. The molecule has 0 aliphatic rings. The van der Waals surface area contributed by atoms with Crippen LogP contribution in [0.1, 0.15) is 21.5 Å². The average Bonchev–Trinajstić information content (AvgIpc) is 2.52. The van der Waals surface area contributed by atoms with Crippen molar-refractivity contribution in [1.82, 2.24) is 0 Å². The maximum atomic E-state index is 11.1. The predicted molar refractivity (Wildman–Crippen MR) is 76.7 cm³/mol. The number of methoxy groups -OCH3 is 1. The second kappa shape index (κ2) is 6.76. The molecule has 0 bridgehead atoms. The van der Waals surface area contributed by atoms with Crippen molar-refractivity contribution in [3.63, 3.8) is 0 Å². The van der Waals surface area contributed by atoms with Crippen LogP contribution < -0.4 is 9.47 Å². The summed E-state index contributed by atoms with van der Waals surface area (Å²) in [6, 6.07) is 12.0. The van der Waals surface area contributed by atoms with E-state index in [0.29, 0.717) is 11.5 Å². The summed E-state index contributed by atoms with van der Waals surface area (Å²) in [6.45, 7) is 0.183. The Hall–Kier alpha value is -2.53. The van der Waals surface area contributed by atoms with Crippen LogP contribution in [0.4, 0.5) is 0 Å². The highest BCUT2D eigenvalue weighted by Gasteiger charge is 2.11. The van der Waals surface area contributed by atoms with E-state index in [2.05, 4.69) is 0 Å². The van der Waals surface area contributed by atoms with Crippen LogP contribution in [0, 0.1) is 0 Å². The molecule has 2 aromatic rings. The molecule has 5 heteroatoms. The largest absolute Gasteiger partial charge is 0.496 e. The minimum absolute atomic E-state index is 0.0527. The molecule has 0 saturated heterocycles. The Morgan fingerprint density at radius 3 is 2.62 bits per heavy atom. The van der Waals surface area contributed by atoms with Crippen molar-refractivity contribution >= 4 is 5.97 Å². The monoisotopic (exact) mass is 288 g/mol. The molecule has 0 atom stereocenters. The molecule has 0 heterocycles. The Morgan fingerprint density at radius 1 is 1.14 bits per heavy atom. The fourth-order valence-electron chi connectivity index (χ4n) is 1.91. The summed E-state index contributed by atoms with van der Waals surface area (Å²) < 4.78 is 10.6. The van der Waals surface area contributed by atoms with Gasteiger partial charge in [-0.1, -0.05) is 18.2 Å². The first-order valence-electron chi connectivity index (χ1n) is 6.37. The summed E-state index contributed by atoms with van der Waals surface area (Å²) in [5.74, 6) is -0.112. The maximum Gasteiger partial charge on any atom is 0.339 e. The van der Waals surface area contributed by atoms with Crippen molar-refractivity contribution in [2.75, 3.05) is 7.11 Å². The summed E-state index contributed by atoms with van der Waals surface area (Å²) in [4.78, 5) is 11.1. The van der Waals surface area contributed by atoms with Crippen molar-refractivity contribution in [3.8, 4) is 11.5 Å². The van der Waals surface area contributed by atoms with Gasteiger partial charge in [0, 0.05) is 0 Å². The first kappa shape index (κ1) is 14.9. The van der Waals surface area contributed by atoms with Crippen molar-refractivity contribution in [2.24, 2.45) is 0 Å². The van der Waals surface area contributed by atoms with Crippen LogP contribution in [0.15, 0.2) is 42.5 Å². The highest BCUT2D eigenvalue weighted by Crippen LogP contribution is 2.21. The molecule has 0 unspecified atom stereocenters. The van der Waals surface area contributed by atoms with Gasteiger partial charge in [-0.2, -0.15) is 0 Å². The lowest BCUT2D eigenvalue weighted by molar-refractivity contribution is 0.0693. The quantitative estimate of drug-likeness (QED) is 0.854. The third-order valence-electron chi connectivity index (χ3n) is 2.98. The zero-order chi connectivity index (χ0) is 15.2. The molecule has 5 nitrogen and oxygen atoms in total. The molecule has 0 fully saturated rings. The molecule has 0 aliphatic carbocycles. The third-order valence-corrected chi connectivity index (χ3v) is 2.98. The molecule has 2 rings (SSSR count). The minimum atomic E-state index is -1.05. The summed E-state index contributed by atoms with van der Waals surface area (Å²) in [7, 11) is 1.43. The number of ether oxygens (including phenoxy) is 2. The Balaban J connectivity index is 2.12. The van der Waals surface area contributed by atoms with Crippen LogP contribution in [0.25, 0.3) is 0 Å². The first-order valence-corrected chi connectivity index (χ1v) is 6.37. The minimum Gasteiger partial charge on any atom is -0.496 e. The summed E-state index contributed by atoms with van der Waals surface area (Å²) in [5, 5.41) is 18.2. The predicted octanol–water partition coefficient (Wildman–Crippen LogP) is 2.46. The first-order chi connectivity index (χ1) is 10.1. The highest BCUT2D eigenvalue weighted by molar-refractivity contribution is 5.91. The molecule has 0 radical (unpaired) electrons. The van der Waals surface area contributed by atoms with E-state index < -0.39 is 5.97 Å². The summed E-state index contributed by atoms with van der Waals surface area (Å²) in [5.41, 5.74) is 1.58. The van der Waals surface area contributed by atoms with Crippen LogP contribution in [0.5, 0.6) is 11.5 Å². The Kier molecular flexibility index (Phi) is 4.79. The molecule has 21 heavy (non-hydrogen) atoms. The standard InChI is InChI=1S/C16H16O5/c1-20-15-6-5-12(8-14(15)16(18)19)10-21-13-4-2-3-11(7-13)9-17/h2-8,17H,9-10H2,1H3,(H,18,19). The van der Waals surface area contributed by atoms with Gasteiger partial charge in [0.05, 0.1) is 13.7 Å². The van der Waals surface area contributed by atoms with Gasteiger partial charge in [0.25, 0.3) is 0 Å². The molecule has 0 aromatic heterocycles. The molecule has 0 saturated carbocycles. The lowest BCUT2D eigenvalue weighted by Gasteiger charge is -2.10. The van der Waals surface area contributed by atoms with Crippen LogP contribution in [-0.2, 0) is 13.2 Å². The molecule has 0 aliphatic heterocycles. The van der Waals surface area contributed by atoms with Crippen molar-refractivity contribution in [3.05, 3.63) is 59.2 Å². The highest BCUT2D eigenvalue weighted by atomic mass is 16.5. The lowest BCUT2D eigenvalue weighted by atomic mass is 10.1. The fraction of sp³-hybridized carbons (Fsp3) is 0.188. The van der Waals surface area contributed by atoms with E-state index in [9.17, 15) is 4.79 Å². The van der Waals surface area contributed by atoms with Gasteiger partial charge in [-0.15, -0.1) is 0 Å². The Labute approximate surface area is 122 Å². The van der Waals surface area contributed by atoms with E-state index in [0.717, 1.165) is 11.1 Å². The van der Waals surface area contributed by atoms with Gasteiger partial charge in [0.1, 0.15) is 23.7 Å². The number of carboxylic acids is 1. The van der Waals surface area contributed by atoms with Gasteiger partial charge in [0.2, 0.25) is 0 Å². The molecule has 2 aromatic carbocycles. The van der Waals surface area contributed by atoms with Crippen molar-refractivity contribution in [1.29, 1.82) is 0 Å². The van der Waals surface area contributed by atoms with Crippen molar-refractivity contribution in [2.45, 2.75) is 13.2 Å². The number of hydrogen-bond donors (Lipinski definition) is 2. The zero-order valence-corrected chi connectivity index (χ0v) is 11.6. The van der Waals surface area contributed by atoms with Gasteiger partial charge >= 0.3 is 5.97 Å². The van der Waals surface area contributed by atoms with Gasteiger partial charge in [-0.05, 0) is 35.4 Å². The molecule has 0 amide bonds. The van der Waals surface area contributed by atoms with E-state index in [1.165, 1.54) is 13.2 Å². The topological polar surface area (TPSA) is 76.0 Å². The van der Waals surface area contributed by atoms with Gasteiger partial charge in [-0.3, -0.25) is 0 Å². The van der Waals surface area contributed by atoms with E-state index >= 15 is 0 Å².